The third-order valence-corrected chi connectivity index (χ3v) is 10.5. The molecule has 0 aliphatic heterocycles. The number of benzene rings is 4. The predicted molar refractivity (Wildman–Crippen MR) is 172 cm³/mol. The van der Waals surface area contributed by atoms with Crippen LogP contribution in [0.25, 0.3) is 53.0 Å². The van der Waals surface area contributed by atoms with Crippen molar-refractivity contribution in [2.24, 2.45) is 0 Å². The maximum atomic E-state index is 4.98. The van der Waals surface area contributed by atoms with Crippen molar-refractivity contribution in [2.75, 3.05) is 0 Å². The van der Waals surface area contributed by atoms with Gasteiger partial charge in [0.2, 0.25) is 0 Å². The summed E-state index contributed by atoms with van der Waals surface area (Å²) < 4.78 is 2.86. The number of pyridine rings is 1. The Bertz CT molecular complexity index is 1940. The maximum Gasteiger partial charge on any atom is 0.0781 e. The van der Waals surface area contributed by atoms with E-state index in [2.05, 4.69) is 115 Å². The van der Waals surface area contributed by atoms with Gasteiger partial charge in [0, 0.05) is 42.7 Å². The highest BCUT2D eigenvalue weighted by Crippen LogP contribution is 2.52. The Balaban J connectivity index is 1.52. The molecule has 0 bridgehead atoms. The SMILES string of the molecule is CC(C)(C)c1cc(-c2nccc3c2ccc2c4ccc5c(c4sc32)C(C)(C)CCC5(C)C)cc2ccccc12. The first-order valence-corrected chi connectivity index (χ1v) is 15.1. The van der Waals surface area contributed by atoms with E-state index < -0.39 is 0 Å². The first kappa shape index (κ1) is 24.8. The van der Waals surface area contributed by atoms with Crippen LogP contribution in [0, 0.1) is 0 Å². The van der Waals surface area contributed by atoms with Gasteiger partial charge < -0.3 is 0 Å². The molecule has 196 valence electrons. The van der Waals surface area contributed by atoms with Crippen LogP contribution < -0.4 is 0 Å². The Hall–Kier alpha value is -3.23. The Labute approximate surface area is 235 Å². The molecule has 0 N–H and O–H groups in total. The van der Waals surface area contributed by atoms with Crippen LogP contribution in [0.3, 0.4) is 0 Å². The number of fused-ring (bicyclic) bond motifs is 8. The summed E-state index contributed by atoms with van der Waals surface area (Å²) in [5, 5.41) is 7.93. The van der Waals surface area contributed by atoms with Crippen LogP contribution in [0.4, 0.5) is 0 Å². The summed E-state index contributed by atoms with van der Waals surface area (Å²) in [4.78, 5) is 4.98. The molecule has 0 amide bonds. The molecule has 4 aromatic carbocycles. The second-order valence-electron chi connectivity index (χ2n) is 13.9. The molecule has 1 aliphatic carbocycles. The Morgan fingerprint density at radius 1 is 0.692 bits per heavy atom. The number of rotatable bonds is 1. The zero-order valence-corrected chi connectivity index (χ0v) is 25.0. The number of thiophene rings is 1. The van der Waals surface area contributed by atoms with Crippen LogP contribution in [0.1, 0.15) is 78.0 Å². The summed E-state index contributed by atoms with van der Waals surface area (Å²) >= 11 is 1.99. The summed E-state index contributed by atoms with van der Waals surface area (Å²) in [5.41, 5.74) is 7.20. The molecule has 2 heterocycles. The first-order chi connectivity index (χ1) is 18.5. The van der Waals surface area contributed by atoms with Gasteiger partial charge >= 0.3 is 0 Å². The molecule has 7 rings (SSSR count). The maximum absolute atomic E-state index is 4.98. The van der Waals surface area contributed by atoms with Gasteiger partial charge in [0.05, 0.1) is 5.69 Å². The van der Waals surface area contributed by atoms with E-state index in [1.165, 1.54) is 71.2 Å². The zero-order chi connectivity index (χ0) is 27.3. The molecule has 1 nitrogen and oxygen atoms in total. The number of hydrogen-bond acceptors (Lipinski definition) is 2. The summed E-state index contributed by atoms with van der Waals surface area (Å²) in [6, 6.07) is 25.2. The van der Waals surface area contributed by atoms with Gasteiger partial charge in [0.15, 0.2) is 0 Å². The minimum absolute atomic E-state index is 0.0403. The Kier molecular flexibility index (Phi) is 5.18. The third kappa shape index (κ3) is 3.68. The van der Waals surface area contributed by atoms with Gasteiger partial charge in [0.1, 0.15) is 0 Å². The molecule has 0 spiro atoms. The summed E-state index contributed by atoms with van der Waals surface area (Å²) in [6.07, 6.45) is 4.48. The van der Waals surface area contributed by atoms with Crippen molar-refractivity contribution >= 4 is 53.1 Å². The van der Waals surface area contributed by atoms with E-state index in [4.69, 9.17) is 4.98 Å². The molecule has 0 saturated carbocycles. The minimum Gasteiger partial charge on any atom is -0.256 e. The fourth-order valence-electron chi connectivity index (χ4n) is 6.97. The fraction of sp³-hybridized carbons (Fsp3) is 0.324. The molecular formula is C37H37NS. The lowest BCUT2D eigenvalue weighted by Crippen LogP contribution is -2.33. The minimum atomic E-state index is 0.0403. The average Bonchev–Trinajstić information content (AvgIpc) is 3.28. The standard InChI is InChI=1S/C37H37NS/c1-35(2,3)30-21-23(20-22-10-8-9-11-24(22)30)32-25-12-13-26-27-14-15-29-31(37(6,7)18-17-36(29,4)5)34(27)39-33(26)28(25)16-19-38-32/h8-16,19-21H,17-18H2,1-7H3. The second kappa shape index (κ2) is 8.15. The number of nitrogens with zero attached hydrogens (tertiary/aromatic N) is 1. The van der Waals surface area contributed by atoms with Crippen molar-refractivity contribution in [3.63, 3.8) is 0 Å². The molecule has 2 heteroatoms. The first-order valence-electron chi connectivity index (χ1n) is 14.3. The van der Waals surface area contributed by atoms with Gasteiger partial charge in [-0.15, -0.1) is 11.3 Å². The van der Waals surface area contributed by atoms with Crippen molar-refractivity contribution < 1.29 is 0 Å². The highest BCUT2D eigenvalue weighted by molar-refractivity contribution is 7.27. The van der Waals surface area contributed by atoms with E-state index in [0.29, 0.717) is 0 Å². The van der Waals surface area contributed by atoms with Crippen LogP contribution in [-0.2, 0) is 16.2 Å². The molecular weight excluding hydrogens is 490 g/mol. The van der Waals surface area contributed by atoms with Gasteiger partial charge in [-0.1, -0.05) is 97.0 Å². The van der Waals surface area contributed by atoms with E-state index in [9.17, 15) is 0 Å². The zero-order valence-electron chi connectivity index (χ0n) is 24.2. The van der Waals surface area contributed by atoms with Crippen LogP contribution in [-0.4, -0.2) is 4.98 Å². The van der Waals surface area contributed by atoms with Crippen LogP contribution in [0.2, 0.25) is 0 Å². The monoisotopic (exact) mass is 527 g/mol. The number of hydrogen-bond donors (Lipinski definition) is 0. The molecule has 6 aromatic rings. The van der Waals surface area contributed by atoms with Crippen molar-refractivity contribution in [2.45, 2.75) is 77.6 Å². The summed E-state index contributed by atoms with van der Waals surface area (Å²) in [7, 11) is 0. The van der Waals surface area contributed by atoms with Gasteiger partial charge in [-0.2, -0.15) is 0 Å². The number of aromatic nitrogens is 1. The van der Waals surface area contributed by atoms with E-state index in [1.807, 2.05) is 17.5 Å². The summed E-state index contributed by atoms with van der Waals surface area (Å²) in [5.74, 6) is 0. The lowest BCUT2D eigenvalue weighted by atomic mass is 9.63. The van der Waals surface area contributed by atoms with Gasteiger partial charge in [-0.25, -0.2) is 0 Å². The molecule has 0 unspecified atom stereocenters. The Morgan fingerprint density at radius 3 is 2.15 bits per heavy atom. The van der Waals surface area contributed by atoms with E-state index in [0.717, 1.165) is 5.69 Å². The van der Waals surface area contributed by atoms with Crippen LogP contribution in [0.15, 0.2) is 72.9 Å². The van der Waals surface area contributed by atoms with Gasteiger partial charge in [-0.05, 0) is 74.7 Å². The summed E-state index contributed by atoms with van der Waals surface area (Å²) in [6.45, 7) is 16.6. The van der Waals surface area contributed by atoms with Gasteiger partial charge in [0.25, 0.3) is 0 Å². The molecule has 0 saturated heterocycles. The van der Waals surface area contributed by atoms with Crippen molar-refractivity contribution in [1.82, 2.24) is 4.98 Å². The average molecular weight is 528 g/mol. The lowest BCUT2D eigenvalue weighted by Gasteiger charge is -2.42. The van der Waals surface area contributed by atoms with Crippen molar-refractivity contribution in [3.05, 3.63) is 89.6 Å². The topological polar surface area (TPSA) is 12.9 Å². The second-order valence-corrected chi connectivity index (χ2v) is 14.9. The molecule has 0 radical (unpaired) electrons. The van der Waals surface area contributed by atoms with Crippen molar-refractivity contribution in [1.29, 1.82) is 0 Å². The van der Waals surface area contributed by atoms with Gasteiger partial charge in [-0.3, -0.25) is 4.98 Å². The quantitative estimate of drug-likeness (QED) is 0.207. The highest BCUT2D eigenvalue weighted by Gasteiger charge is 2.38. The van der Waals surface area contributed by atoms with Crippen LogP contribution >= 0.6 is 11.3 Å². The molecule has 0 atom stereocenters. The lowest BCUT2D eigenvalue weighted by molar-refractivity contribution is 0.335. The normalized spacial score (nSPS) is 16.8. The largest absolute Gasteiger partial charge is 0.256 e. The van der Waals surface area contributed by atoms with Crippen LogP contribution in [0.5, 0.6) is 0 Å². The highest BCUT2D eigenvalue weighted by atomic mass is 32.1. The molecule has 2 aromatic heterocycles. The molecule has 1 aliphatic rings. The van der Waals surface area contributed by atoms with E-state index >= 15 is 0 Å². The van der Waals surface area contributed by atoms with Crippen molar-refractivity contribution in [3.8, 4) is 11.3 Å². The predicted octanol–water partition coefficient (Wildman–Crippen LogP) is 11.1. The molecule has 0 fully saturated rings. The Morgan fingerprint density at radius 2 is 1.36 bits per heavy atom. The van der Waals surface area contributed by atoms with E-state index in [-0.39, 0.29) is 16.2 Å². The fourth-order valence-corrected chi connectivity index (χ4v) is 8.53. The third-order valence-electron chi connectivity index (χ3n) is 9.27. The smallest absolute Gasteiger partial charge is 0.0781 e. The molecule has 39 heavy (non-hydrogen) atoms. The van der Waals surface area contributed by atoms with E-state index in [1.54, 1.807) is 5.56 Å².